The number of ether oxygens (including phenoxy) is 1. The second-order valence-corrected chi connectivity index (χ2v) is 6.50. The van der Waals surface area contributed by atoms with Gasteiger partial charge >= 0.3 is 5.97 Å². The third-order valence-corrected chi connectivity index (χ3v) is 4.50. The van der Waals surface area contributed by atoms with Crippen molar-refractivity contribution in [1.82, 2.24) is 9.55 Å². The minimum Gasteiger partial charge on any atom is -0.456 e. The first-order valence-corrected chi connectivity index (χ1v) is 8.92. The number of aryl methyl sites for hydroxylation is 1. The second kappa shape index (κ2) is 7.48. The van der Waals surface area contributed by atoms with Crippen molar-refractivity contribution in [3.05, 3.63) is 106 Å². The van der Waals surface area contributed by atoms with Crippen LogP contribution in [-0.2, 0) is 11.3 Å². The Labute approximate surface area is 161 Å². The van der Waals surface area contributed by atoms with Crippen molar-refractivity contribution in [2.24, 2.45) is 0 Å². The van der Waals surface area contributed by atoms with E-state index >= 15 is 0 Å². The molecule has 5 nitrogen and oxygen atoms in total. The summed E-state index contributed by atoms with van der Waals surface area (Å²) >= 11 is 0. The normalized spacial score (nSPS) is 10.8. The van der Waals surface area contributed by atoms with E-state index in [2.05, 4.69) is 4.98 Å². The van der Waals surface area contributed by atoms with Crippen LogP contribution in [0, 0.1) is 6.92 Å². The summed E-state index contributed by atoms with van der Waals surface area (Å²) in [6, 6.07) is 20.1. The molecule has 0 saturated heterocycles. The number of esters is 1. The van der Waals surface area contributed by atoms with Crippen LogP contribution in [0.1, 0.15) is 21.6 Å². The average Bonchev–Trinajstić information content (AvgIpc) is 2.73. The first kappa shape index (κ1) is 17.7. The van der Waals surface area contributed by atoms with E-state index in [1.54, 1.807) is 48.8 Å². The molecule has 2 aromatic carbocycles. The van der Waals surface area contributed by atoms with Crippen molar-refractivity contribution in [2.75, 3.05) is 0 Å². The van der Waals surface area contributed by atoms with Crippen LogP contribution < -0.4 is 5.56 Å². The number of carbonyl (C=O) groups excluding carboxylic acids is 1. The van der Waals surface area contributed by atoms with Gasteiger partial charge in [0.2, 0.25) is 0 Å². The van der Waals surface area contributed by atoms with E-state index in [0.29, 0.717) is 27.7 Å². The van der Waals surface area contributed by atoms with Gasteiger partial charge in [-0.1, -0.05) is 36.4 Å². The van der Waals surface area contributed by atoms with E-state index < -0.39 is 5.97 Å². The van der Waals surface area contributed by atoms with Gasteiger partial charge in [0.05, 0.1) is 11.3 Å². The van der Waals surface area contributed by atoms with Gasteiger partial charge in [0, 0.05) is 28.9 Å². The fraction of sp³-hybridized carbons (Fsp3) is 0.0870. The molecule has 0 amide bonds. The highest BCUT2D eigenvalue weighted by atomic mass is 16.5. The van der Waals surface area contributed by atoms with E-state index in [1.807, 2.05) is 37.3 Å². The van der Waals surface area contributed by atoms with Gasteiger partial charge in [-0.2, -0.15) is 0 Å². The Kier molecular flexibility index (Phi) is 4.72. The summed E-state index contributed by atoms with van der Waals surface area (Å²) in [6.45, 7) is 2.02. The minimum absolute atomic E-state index is 0.0670. The van der Waals surface area contributed by atoms with Crippen LogP contribution in [-0.4, -0.2) is 15.5 Å². The van der Waals surface area contributed by atoms with E-state index in [1.165, 1.54) is 4.57 Å². The molecule has 138 valence electrons. The van der Waals surface area contributed by atoms with Gasteiger partial charge in [0.15, 0.2) is 0 Å². The summed E-state index contributed by atoms with van der Waals surface area (Å²) in [4.78, 5) is 30.0. The minimum atomic E-state index is -0.497. The Hall–Kier alpha value is -3.73. The van der Waals surface area contributed by atoms with E-state index in [0.717, 1.165) is 5.56 Å². The molecule has 5 heteroatoms. The third-order valence-electron chi connectivity index (χ3n) is 4.50. The number of hydrogen-bond acceptors (Lipinski definition) is 4. The molecule has 0 atom stereocenters. The number of hydrogen-bond donors (Lipinski definition) is 0. The molecule has 0 aliphatic rings. The monoisotopic (exact) mass is 370 g/mol. The molecule has 0 spiro atoms. The van der Waals surface area contributed by atoms with Crippen LogP contribution in [0.5, 0.6) is 0 Å². The SMILES string of the molecule is Cc1cccc(-n2cc(C(=O)OCc3ccccn3)c3ccccc3c2=O)c1. The Morgan fingerprint density at radius 2 is 1.79 bits per heavy atom. The van der Waals surface area contributed by atoms with Crippen molar-refractivity contribution in [3.8, 4) is 5.69 Å². The lowest BCUT2D eigenvalue weighted by Crippen LogP contribution is -2.21. The molecule has 0 unspecified atom stereocenters. The molecular formula is C23H18N2O3. The first-order valence-electron chi connectivity index (χ1n) is 8.92. The number of benzene rings is 2. The predicted molar refractivity (Wildman–Crippen MR) is 108 cm³/mol. The van der Waals surface area contributed by atoms with E-state index in [-0.39, 0.29) is 12.2 Å². The molecule has 28 heavy (non-hydrogen) atoms. The molecule has 0 aliphatic carbocycles. The molecule has 4 aromatic rings. The molecule has 2 aromatic heterocycles. The van der Waals surface area contributed by atoms with E-state index in [9.17, 15) is 9.59 Å². The molecule has 0 aliphatic heterocycles. The first-order chi connectivity index (χ1) is 13.6. The van der Waals surface area contributed by atoms with Crippen molar-refractivity contribution in [1.29, 1.82) is 0 Å². The van der Waals surface area contributed by atoms with Gasteiger partial charge < -0.3 is 4.74 Å². The molecule has 0 radical (unpaired) electrons. The summed E-state index contributed by atoms with van der Waals surface area (Å²) < 4.78 is 6.95. The number of nitrogens with zero attached hydrogens (tertiary/aromatic N) is 2. The van der Waals surface area contributed by atoms with E-state index in [4.69, 9.17) is 4.74 Å². The maximum atomic E-state index is 13.0. The number of pyridine rings is 2. The summed E-state index contributed by atoms with van der Waals surface area (Å²) in [5.41, 5.74) is 2.55. The van der Waals surface area contributed by atoms with Gasteiger partial charge in [-0.25, -0.2) is 4.79 Å². The number of aromatic nitrogens is 2. The topological polar surface area (TPSA) is 61.2 Å². The summed E-state index contributed by atoms with van der Waals surface area (Å²) in [5, 5.41) is 1.04. The number of rotatable bonds is 4. The van der Waals surface area contributed by atoms with Crippen molar-refractivity contribution >= 4 is 16.7 Å². The summed E-state index contributed by atoms with van der Waals surface area (Å²) in [7, 11) is 0. The van der Waals surface area contributed by atoms with Gasteiger partial charge in [-0.15, -0.1) is 0 Å². The Balaban J connectivity index is 1.80. The molecule has 2 heterocycles. The fourth-order valence-electron chi connectivity index (χ4n) is 3.12. The van der Waals surface area contributed by atoms with Crippen LogP contribution in [0.25, 0.3) is 16.5 Å². The zero-order valence-corrected chi connectivity index (χ0v) is 15.3. The van der Waals surface area contributed by atoms with Crippen LogP contribution in [0.4, 0.5) is 0 Å². The van der Waals surface area contributed by atoms with Crippen molar-refractivity contribution in [3.63, 3.8) is 0 Å². The molecular weight excluding hydrogens is 352 g/mol. The van der Waals surface area contributed by atoms with Crippen molar-refractivity contribution in [2.45, 2.75) is 13.5 Å². The van der Waals surface area contributed by atoms with Crippen molar-refractivity contribution < 1.29 is 9.53 Å². The highest BCUT2D eigenvalue weighted by molar-refractivity contribution is 6.04. The van der Waals surface area contributed by atoms with Crippen LogP contribution >= 0.6 is 0 Å². The maximum absolute atomic E-state index is 13.0. The lowest BCUT2D eigenvalue weighted by atomic mass is 10.1. The zero-order valence-electron chi connectivity index (χ0n) is 15.3. The molecule has 0 bridgehead atoms. The van der Waals surface area contributed by atoms with Crippen LogP contribution in [0.15, 0.2) is 83.9 Å². The largest absolute Gasteiger partial charge is 0.456 e. The quantitative estimate of drug-likeness (QED) is 0.509. The lowest BCUT2D eigenvalue weighted by Gasteiger charge is -2.12. The Morgan fingerprint density at radius 1 is 1.00 bits per heavy atom. The second-order valence-electron chi connectivity index (χ2n) is 6.50. The molecule has 0 N–H and O–H groups in total. The maximum Gasteiger partial charge on any atom is 0.340 e. The van der Waals surface area contributed by atoms with Gasteiger partial charge in [-0.05, 0) is 42.8 Å². The standard InChI is InChI=1S/C23H18N2O3/c1-16-7-6-9-18(13-16)25-14-21(19-10-2-3-11-20(19)22(25)26)23(27)28-15-17-8-4-5-12-24-17/h2-14H,15H2,1H3. The number of fused-ring (bicyclic) bond motifs is 1. The summed E-state index contributed by atoms with van der Waals surface area (Å²) in [5.74, 6) is -0.497. The molecule has 0 fully saturated rings. The Bertz CT molecular complexity index is 1210. The number of carbonyl (C=O) groups is 1. The van der Waals surface area contributed by atoms with Gasteiger partial charge in [0.25, 0.3) is 5.56 Å². The predicted octanol–water partition coefficient (Wildman–Crippen LogP) is 4.05. The van der Waals surface area contributed by atoms with Crippen LogP contribution in [0.2, 0.25) is 0 Å². The van der Waals surface area contributed by atoms with Gasteiger partial charge in [0.1, 0.15) is 6.61 Å². The lowest BCUT2D eigenvalue weighted by molar-refractivity contribution is 0.0469. The highest BCUT2D eigenvalue weighted by Gasteiger charge is 2.17. The highest BCUT2D eigenvalue weighted by Crippen LogP contribution is 2.19. The molecule has 4 rings (SSSR count). The summed E-state index contributed by atoms with van der Waals surface area (Å²) in [6.07, 6.45) is 3.21. The zero-order chi connectivity index (χ0) is 19.5. The Morgan fingerprint density at radius 3 is 2.54 bits per heavy atom. The smallest absolute Gasteiger partial charge is 0.340 e. The third kappa shape index (κ3) is 3.42. The van der Waals surface area contributed by atoms with Crippen LogP contribution in [0.3, 0.4) is 0 Å². The van der Waals surface area contributed by atoms with Gasteiger partial charge in [-0.3, -0.25) is 14.3 Å². The average molecular weight is 370 g/mol. The molecule has 0 saturated carbocycles. The fourth-order valence-corrected chi connectivity index (χ4v) is 3.12.